The third kappa shape index (κ3) is 3.03. The van der Waals surface area contributed by atoms with Crippen molar-refractivity contribution in [3.63, 3.8) is 0 Å². The molecule has 1 aromatic carbocycles. The summed E-state index contributed by atoms with van der Waals surface area (Å²) >= 11 is 0. The van der Waals surface area contributed by atoms with Crippen LogP contribution in [0.2, 0.25) is 0 Å². The van der Waals surface area contributed by atoms with Crippen molar-refractivity contribution in [2.24, 2.45) is 5.73 Å². The number of benzene rings is 1. The van der Waals surface area contributed by atoms with E-state index in [9.17, 15) is 9.18 Å². The molecule has 1 rings (SSSR count). The molecule has 16 heavy (non-hydrogen) atoms. The summed E-state index contributed by atoms with van der Waals surface area (Å²) < 4.78 is 13.6. The highest BCUT2D eigenvalue weighted by molar-refractivity contribution is 5.77. The zero-order valence-electron chi connectivity index (χ0n) is 9.59. The second-order valence-electron chi connectivity index (χ2n) is 4.34. The van der Waals surface area contributed by atoms with Gasteiger partial charge in [0.25, 0.3) is 0 Å². The largest absolute Gasteiger partial charge is 0.354 e. The highest BCUT2D eigenvalue weighted by Crippen LogP contribution is 2.24. The summed E-state index contributed by atoms with van der Waals surface area (Å²) in [5, 5.41) is 2.67. The van der Waals surface area contributed by atoms with Crippen molar-refractivity contribution in [3.8, 4) is 0 Å². The van der Waals surface area contributed by atoms with Crippen LogP contribution < -0.4 is 11.1 Å². The average Bonchev–Trinajstić information content (AvgIpc) is 2.26. The van der Waals surface area contributed by atoms with Crippen LogP contribution in [-0.4, -0.2) is 19.0 Å². The lowest BCUT2D eigenvalue weighted by atomic mass is 9.84. The third-order valence-electron chi connectivity index (χ3n) is 2.52. The van der Waals surface area contributed by atoms with E-state index in [1.165, 1.54) is 6.07 Å². The Labute approximate surface area is 94.8 Å². The molecule has 0 heterocycles. The number of rotatable bonds is 4. The van der Waals surface area contributed by atoms with Crippen LogP contribution in [0.5, 0.6) is 0 Å². The number of amides is 1. The quantitative estimate of drug-likeness (QED) is 0.806. The molecule has 3 N–H and O–H groups in total. The molecular weight excluding hydrogens is 207 g/mol. The smallest absolute Gasteiger partial charge is 0.233 e. The lowest BCUT2D eigenvalue weighted by Gasteiger charge is -2.25. The summed E-state index contributed by atoms with van der Waals surface area (Å²) in [6.45, 7) is 4.07. The molecule has 0 aliphatic carbocycles. The minimum atomic E-state index is -0.448. The van der Waals surface area contributed by atoms with Gasteiger partial charge in [-0.2, -0.15) is 0 Å². The molecule has 1 aromatic rings. The molecule has 0 aliphatic rings. The summed E-state index contributed by atoms with van der Waals surface area (Å²) in [7, 11) is 0. The zero-order valence-corrected chi connectivity index (χ0v) is 9.59. The van der Waals surface area contributed by atoms with Crippen molar-refractivity contribution < 1.29 is 9.18 Å². The van der Waals surface area contributed by atoms with E-state index in [4.69, 9.17) is 5.73 Å². The van der Waals surface area contributed by atoms with Gasteiger partial charge in [0.15, 0.2) is 0 Å². The highest BCUT2D eigenvalue weighted by atomic mass is 19.1. The van der Waals surface area contributed by atoms with Crippen LogP contribution in [0.4, 0.5) is 4.39 Å². The molecule has 0 aliphatic heterocycles. The van der Waals surface area contributed by atoms with E-state index in [2.05, 4.69) is 5.32 Å². The lowest BCUT2D eigenvalue weighted by molar-refractivity contribution is -0.119. The van der Waals surface area contributed by atoms with Gasteiger partial charge in [0.05, 0.1) is 6.54 Å². The fourth-order valence-corrected chi connectivity index (χ4v) is 1.50. The molecular formula is C12H17FN2O. The van der Waals surface area contributed by atoms with Crippen molar-refractivity contribution in [1.29, 1.82) is 0 Å². The summed E-state index contributed by atoms with van der Waals surface area (Å²) in [5.41, 5.74) is 5.33. The first-order valence-electron chi connectivity index (χ1n) is 5.19. The number of nitrogens with one attached hydrogen (secondary N) is 1. The Bertz CT molecular complexity index is 377. The molecule has 88 valence electrons. The Kier molecular flexibility index (Phi) is 4.01. The van der Waals surface area contributed by atoms with E-state index < -0.39 is 5.41 Å². The maximum atomic E-state index is 13.6. The predicted molar refractivity (Wildman–Crippen MR) is 61.5 cm³/mol. The van der Waals surface area contributed by atoms with Crippen LogP contribution in [0.3, 0.4) is 0 Å². The monoisotopic (exact) mass is 224 g/mol. The van der Waals surface area contributed by atoms with E-state index in [0.29, 0.717) is 12.1 Å². The number of carbonyl (C=O) groups excluding carboxylic acids is 1. The minimum absolute atomic E-state index is 0.0483. The Balaban J connectivity index is 2.77. The Hall–Kier alpha value is -1.42. The minimum Gasteiger partial charge on any atom is -0.354 e. The molecule has 0 fully saturated rings. The predicted octanol–water partition coefficient (Wildman–Crippen LogP) is 1.18. The van der Waals surface area contributed by atoms with Crippen molar-refractivity contribution in [1.82, 2.24) is 5.32 Å². The second-order valence-corrected chi connectivity index (χ2v) is 4.34. The van der Waals surface area contributed by atoms with Gasteiger partial charge in [-0.15, -0.1) is 0 Å². The van der Waals surface area contributed by atoms with Crippen LogP contribution in [-0.2, 0) is 10.2 Å². The number of hydrogen-bond donors (Lipinski definition) is 2. The summed E-state index contributed by atoms with van der Waals surface area (Å²) in [6.07, 6.45) is 0. The average molecular weight is 224 g/mol. The molecule has 0 saturated heterocycles. The standard InChI is InChI=1S/C12H17FN2O/c1-12(2,8-15-11(16)7-14)9-5-3-4-6-10(9)13/h3-6H,7-8,14H2,1-2H3,(H,15,16). The van der Waals surface area contributed by atoms with Crippen LogP contribution in [0, 0.1) is 5.82 Å². The van der Waals surface area contributed by atoms with Crippen molar-refractivity contribution in [2.75, 3.05) is 13.1 Å². The summed E-state index contributed by atoms with van der Waals surface area (Å²) in [4.78, 5) is 11.0. The SMILES string of the molecule is CC(C)(CNC(=O)CN)c1ccccc1F. The molecule has 4 heteroatoms. The van der Waals surface area contributed by atoms with E-state index >= 15 is 0 Å². The Morgan fingerprint density at radius 2 is 2.06 bits per heavy atom. The van der Waals surface area contributed by atoms with E-state index in [1.54, 1.807) is 18.2 Å². The van der Waals surface area contributed by atoms with E-state index in [0.717, 1.165) is 0 Å². The molecule has 0 atom stereocenters. The number of carbonyl (C=O) groups is 1. The fraction of sp³-hybridized carbons (Fsp3) is 0.417. The van der Waals surface area contributed by atoms with Crippen LogP contribution in [0.15, 0.2) is 24.3 Å². The molecule has 0 radical (unpaired) electrons. The first kappa shape index (κ1) is 12.6. The molecule has 0 aromatic heterocycles. The zero-order chi connectivity index (χ0) is 12.2. The maximum Gasteiger partial charge on any atom is 0.233 e. The van der Waals surface area contributed by atoms with Gasteiger partial charge in [0.2, 0.25) is 5.91 Å². The van der Waals surface area contributed by atoms with Gasteiger partial charge in [0.1, 0.15) is 5.82 Å². The van der Waals surface area contributed by atoms with Crippen molar-refractivity contribution in [3.05, 3.63) is 35.6 Å². The first-order chi connectivity index (χ1) is 7.47. The first-order valence-corrected chi connectivity index (χ1v) is 5.19. The second kappa shape index (κ2) is 5.07. The van der Waals surface area contributed by atoms with E-state index in [-0.39, 0.29) is 18.3 Å². The lowest BCUT2D eigenvalue weighted by Crippen LogP contribution is -2.39. The number of hydrogen-bond acceptors (Lipinski definition) is 2. The molecule has 0 saturated carbocycles. The van der Waals surface area contributed by atoms with Gasteiger partial charge >= 0.3 is 0 Å². The van der Waals surface area contributed by atoms with Gasteiger partial charge in [-0.05, 0) is 11.6 Å². The molecule has 3 nitrogen and oxygen atoms in total. The maximum absolute atomic E-state index is 13.6. The van der Waals surface area contributed by atoms with Gasteiger partial charge in [0, 0.05) is 12.0 Å². The summed E-state index contributed by atoms with van der Waals surface area (Å²) in [5.74, 6) is -0.487. The summed E-state index contributed by atoms with van der Waals surface area (Å²) in [6, 6.07) is 6.57. The number of nitrogens with two attached hydrogens (primary N) is 1. The van der Waals surface area contributed by atoms with Crippen molar-refractivity contribution in [2.45, 2.75) is 19.3 Å². The van der Waals surface area contributed by atoms with Gasteiger partial charge < -0.3 is 11.1 Å². The van der Waals surface area contributed by atoms with Crippen LogP contribution >= 0.6 is 0 Å². The molecule has 0 unspecified atom stereocenters. The Morgan fingerprint density at radius 3 is 2.62 bits per heavy atom. The Morgan fingerprint density at radius 1 is 1.44 bits per heavy atom. The van der Waals surface area contributed by atoms with Gasteiger partial charge in [-0.1, -0.05) is 32.0 Å². The van der Waals surface area contributed by atoms with Gasteiger partial charge in [-0.25, -0.2) is 4.39 Å². The van der Waals surface area contributed by atoms with E-state index in [1.807, 2.05) is 13.8 Å². The van der Waals surface area contributed by atoms with Crippen LogP contribution in [0.25, 0.3) is 0 Å². The highest BCUT2D eigenvalue weighted by Gasteiger charge is 2.24. The molecule has 0 spiro atoms. The molecule has 0 bridgehead atoms. The third-order valence-corrected chi connectivity index (χ3v) is 2.52. The van der Waals surface area contributed by atoms with Crippen molar-refractivity contribution >= 4 is 5.91 Å². The number of halogens is 1. The van der Waals surface area contributed by atoms with Gasteiger partial charge in [-0.3, -0.25) is 4.79 Å². The normalized spacial score (nSPS) is 11.2. The topological polar surface area (TPSA) is 55.1 Å². The van der Waals surface area contributed by atoms with Crippen LogP contribution in [0.1, 0.15) is 19.4 Å². The fourth-order valence-electron chi connectivity index (χ4n) is 1.50. The molecule has 1 amide bonds.